The summed E-state index contributed by atoms with van der Waals surface area (Å²) in [6.07, 6.45) is 75.5. The van der Waals surface area contributed by atoms with E-state index in [0.29, 0.717) is 19.4 Å². The molecule has 0 bridgehead atoms. The molecule has 428 valence electrons. The van der Waals surface area contributed by atoms with E-state index in [-0.39, 0.29) is 18.5 Å². The third-order valence-corrected chi connectivity index (χ3v) is 15.6. The van der Waals surface area contributed by atoms with E-state index in [1.54, 1.807) is 6.08 Å². The zero-order valence-corrected chi connectivity index (χ0v) is 48.9. The molecule has 0 heterocycles. The van der Waals surface area contributed by atoms with Gasteiger partial charge in [0.15, 0.2) is 0 Å². The number of ether oxygens (including phenoxy) is 1. The summed E-state index contributed by atoms with van der Waals surface area (Å²) < 4.78 is 5.47. The summed E-state index contributed by atoms with van der Waals surface area (Å²) in [5.74, 6) is -0.0589. The molecule has 3 N–H and O–H groups in total. The van der Waals surface area contributed by atoms with Crippen LogP contribution in [0.5, 0.6) is 0 Å². The van der Waals surface area contributed by atoms with Crippen molar-refractivity contribution in [2.75, 3.05) is 13.2 Å². The quantitative estimate of drug-likeness (QED) is 0.0320. The zero-order chi connectivity index (χ0) is 52.2. The molecule has 0 aliphatic heterocycles. The van der Waals surface area contributed by atoms with Crippen molar-refractivity contribution in [2.45, 2.75) is 386 Å². The molecule has 72 heavy (non-hydrogen) atoms. The molecule has 0 spiro atoms. The van der Waals surface area contributed by atoms with Crippen LogP contribution in [0.4, 0.5) is 0 Å². The molecule has 0 saturated heterocycles. The Morgan fingerprint density at radius 3 is 0.944 bits per heavy atom. The molecule has 0 aromatic heterocycles. The fourth-order valence-corrected chi connectivity index (χ4v) is 10.5. The lowest BCUT2D eigenvalue weighted by Crippen LogP contribution is -2.45. The van der Waals surface area contributed by atoms with E-state index in [4.69, 9.17) is 4.74 Å². The van der Waals surface area contributed by atoms with Gasteiger partial charge in [-0.25, -0.2) is 0 Å². The standard InChI is InChI=1S/C66H129NO5/c1-3-5-7-9-11-13-15-17-18-19-20-21-22-23-24-25-26-29-32-35-38-42-46-50-54-58-64(69)63(62-68)67-65(70)59-55-51-47-43-39-36-33-30-27-28-31-34-37-41-45-49-53-57-61-72-66(71)60-56-52-48-44-40-16-14-12-10-8-6-4-2/h54,58,63-64,68-69H,3-53,55-57,59-62H2,1-2H3,(H,67,70)/b58-54+. The predicted octanol–water partition coefficient (Wildman–Crippen LogP) is 20.8. The fourth-order valence-electron chi connectivity index (χ4n) is 10.5. The Morgan fingerprint density at radius 1 is 0.375 bits per heavy atom. The van der Waals surface area contributed by atoms with E-state index in [2.05, 4.69) is 19.2 Å². The number of amides is 1. The van der Waals surface area contributed by atoms with Crippen LogP contribution in [0.3, 0.4) is 0 Å². The van der Waals surface area contributed by atoms with Gasteiger partial charge in [-0.3, -0.25) is 9.59 Å². The van der Waals surface area contributed by atoms with Crippen LogP contribution in [0.2, 0.25) is 0 Å². The number of carbonyl (C=O) groups excluding carboxylic acids is 2. The van der Waals surface area contributed by atoms with Gasteiger partial charge in [0.1, 0.15) is 0 Å². The van der Waals surface area contributed by atoms with E-state index >= 15 is 0 Å². The second-order valence-corrected chi connectivity index (χ2v) is 22.8. The smallest absolute Gasteiger partial charge is 0.305 e. The number of aliphatic hydroxyl groups is 2. The van der Waals surface area contributed by atoms with Gasteiger partial charge in [0.25, 0.3) is 0 Å². The molecular formula is C66H129NO5. The first-order chi connectivity index (χ1) is 35.5. The Hall–Kier alpha value is -1.40. The van der Waals surface area contributed by atoms with Crippen molar-refractivity contribution in [3.05, 3.63) is 12.2 Å². The maximum atomic E-state index is 12.5. The number of esters is 1. The number of hydrogen-bond acceptors (Lipinski definition) is 5. The maximum Gasteiger partial charge on any atom is 0.305 e. The number of hydrogen-bond donors (Lipinski definition) is 3. The first-order valence-electron chi connectivity index (χ1n) is 33.0. The van der Waals surface area contributed by atoms with E-state index in [1.165, 1.54) is 308 Å². The summed E-state index contributed by atoms with van der Waals surface area (Å²) in [6.45, 7) is 4.93. The molecule has 0 aromatic rings. The maximum absolute atomic E-state index is 12.5. The number of unbranched alkanes of at least 4 members (excludes halogenated alkanes) is 51. The van der Waals surface area contributed by atoms with Gasteiger partial charge in [-0.1, -0.05) is 341 Å². The lowest BCUT2D eigenvalue weighted by Gasteiger charge is -2.20. The average Bonchev–Trinajstić information content (AvgIpc) is 3.38. The SMILES string of the molecule is CCCCCCCCCCCCCCCCCCCCCCCCC/C=C/C(O)C(CO)NC(=O)CCCCCCCCCCCCCCCCCCCCOC(=O)CCCCCCCCCCCCCC. The summed E-state index contributed by atoms with van der Waals surface area (Å²) in [6, 6.07) is -0.631. The van der Waals surface area contributed by atoms with Gasteiger partial charge >= 0.3 is 5.97 Å². The highest BCUT2D eigenvalue weighted by atomic mass is 16.5. The number of aliphatic hydroxyl groups excluding tert-OH is 2. The molecule has 1 amide bonds. The normalized spacial score (nSPS) is 12.6. The molecule has 0 rings (SSSR count). The molecule has 2 unspecified atom stereocenters. The lowest BCUT2D eigenvalue weighted by atomic mass is 10.0. The fraction of sp³-hybridized carbons (Fsp3) is 0.939. The largest absolute Gasteiger partial charge is 0.466 e. The Morgan fingerprint density at radius 2 is 0.639 bits per heavy atom. The summed E-state index contributed by atoms with van der Waals surface area (Å²) in [7, 11) is 0. The highest BCUT2D eigenvalue weighted by Gasteiger charge is 2.18. The van der Waals surface area contributed by atoms with Gasteiger partial charge in [-0.2, -0.15) is 0 Å². The number of carbonyl (C=O) groups is 2. The van der Waals surface area contributed by atoms with Crippen molar-refractivity contribution in [3.63, 3.8) is 0 Å². The Bertz CT molecular complexity index is 1080. The third kappa shape index (κ3) is 57.9. The van der Waals surface area contributed by atoms with Crippen LogP contribution in [0.15, 0.2) is 12.2 Å². The Labute approximate surface area is 450 Å². The molecule has 0 radical (unpaired) electrons. The van der Waals surface area contributed by atoms with Crippen LogP contribution in [0.25, 0.3) is 0 Å². The van der Waals surface area contributed by atoms with Crippen molar-refractivity contribution < 1.29 is 24.5 Å². The Kier molecular flexibility index (Phi) is 60.9. The topological polar surface area (TPSA) is 95.9 Å². The van der Waals surface area contributed by atoms with Crippen molar-refractivity contribution >= 4 is 11.9 Å². The van der Waals surface area contributed by atoms with Crippen LogP contribution >= 0.6 is 0 Å². The molecule has 0 saturated carbocycles. The van der Waals surface area contributed by atoms with Crippen molar-refractivity contribution in [1.82, 2.24) is 5.32 Å². The van der Waals surface area contributed by atoms with Crippen molar-refractivity contribution in [2.24, 2.45) is 0 Å². The molecule has 0 aliphatic carbocycles. The molecule has 6 heteroatoms. The van der Waals surface area contributed by atoms with Gasteiger partial charge in [-0.15, -0.1) is 0 Å². The van der Waals surface area contributed by atoms with Gasteiger partial charge < -0.3 is 20.3 Å². The summed E-state index contributed by atoms with van der Waals surface area (Å²) in [5.41, 5.74) is 0. The molecular weight excluding hydrogens is 887 g/mol. The van der Waals surface area contributed by atoms with Gasteiger partial charge in [0.2, 0.25) is 5.91 Å². The molecule has 0 fully saturated rings. The first-order valence-corrected chi connectivity index (χ1v) is 33.0. The monoisotopic (exact) mass is 1020 g/mol. The molecule has 2 atom stereocenters. The Balaban J connectivity index is 3.43. The van der Waals surface area contributed by atoms with Gasteiger partial charge in [-0.05, 0) is 32.1 Å². The summed E-state index contributed by atoms with van der Waals surface area (Å²) >= 11 is 0. The van der Waals surface area contributed by atoms with E-state index < -0.39 is 12.1 Å². The second-order valence-electron chi connectivity index (χ2n) is 22.8. The van der Waals surface area contributed by atoms with E-state index in [9.17, 15) is 19.8 Å². The molecule has 6 nitrogen and oxygen atoms in total. The van der Waals surface area contributed by atoms with E-state index in [1.807, 2.05) is 6.08 Å². The third-order valence-electron chi connectivity index (χ3n) is 15.6. The van der Waals surface area contributed by atoms with Crippen molar-refractivity contribution in [3.8, 4) is 0 Å². The minimum absolute atomic E-state index is 0.00828. The van der Waals surface area contributed by atoms with E-state index in [0.717, 1.165) is 38.5 Å². The van der Waals surface area contributed by atoms with Crippen LogP contribution in [0.1, 0.15) is 373 Å². The second kappa shape index (κ2) is 62.1. The number of rotatable bonds is 62. The van der Waals surface area contributed by atoms with Crippen LogP contribution < -0.4 is 5.32 Å². The van der Waals surface area contributed by atoms with Crippen LogP contribution in [-0.2, 0) is 14.3 Å². The summed E-state index contributed by atoms with van der Waals surface area (Å²) in [4.78, 5) is 24.5. The predicted molar refractivity (Wildman–Crippen MR) is 315 cm³/mol. The summed E-state index contributed by atoms with van der Waals surface area (Å²) in [5, 5.41) is 23.3. The highest BCUT2D eigenvalue weighted by Crippen LogP contribution is 2.19. The van der Waals surface area contributed by atoms with Gasteiger partial charge in [0, 0.05) is 12.8 Å². The first kappa shape index (κ1) is 70.6. The molecule has 0 aromatic carbocycles. The van der Waals surface area contributed by atoms with Gasteiger partial charge in [0.05, 0.1) is 25.4 Å². The number of allylic oxidation sites excluding steroid dienone is 1. The minimum Gasteiger partial charge on any atom is -0.466 e. The number of nitrogens with one attached hydrogen (secondary N) is 1. The lowest BCUT2D eigenvalue weighted by molar-refractivity contribution is -0.143. The van der Waals surface area contributed by atoms with Crippen molar-refractivity contribution in [1.29, 1.82) is 0 Å². The minimum atomic E-state index is -0.848. The van der Waals surface area contributed by atoms with Crippen LogP contribution in [0, 0.1) is 0 Å². The molecule has 0 aliphatic rings. The zero-order valence-electron chi connectivity index (χ0n) is 48.9. The van der Waals surface area contributed by atoms with Crippen LogP contribution in [-0.4, -0.2) is 47.4 Å². The highest BCUT2D eigenvalue weighted by molar-refractivity contribution is 5.76. The average molecular weight is 1020 g/mol.